The Bertz CT molecular complexity index is 1020. The summed E-state index contributed by atoms with van der Waals surface area (Å²) in [5, 5.41) is 5.23. The molecule has 2 aromatic rings. The molecule has 0 bridgehead atoms. The summed E-state index contributed by atoms with van der Waals surface area (Å²) >= 11 is 3.34. The van der Waals surface area contributed by atoms with E-state index in [-0.39, 0.29) is 29.5 Å². The van der Waals surface area contributed by atoms with Crippen LogP contribution in [0.2, 0.25) is 0 Å². The van der Waals surface area contributed by atoms with Crippen molar-refractivity contribution < 1.29 is 19.2 Å². The number of para-hydroxylation sites is 1. The van der Waals surface area contributed by atoms with E-state index in [2.05, 4.69) is 26.6 Å². The molecule has 0 atom stereocenters. The van der Waals surface area contributed by atoms with Crippen molar-refractivity contribution in [3.63, 3.8) is 0 Å². The average molecular weight is 472 g/mol. The lowest BCUT2D eigenvalue weighted by Crippen LogP contribution is -2.33. The molecule has 0 spiro atoms. The van der Waals surface area contributed by atoms with Crippen LogP contribution in [0.15, 0.2) is 46.9 Å². The fourth-order valence-corrected chi connectivity index (χ4v) is 3.43. The number of anilines is 1. The Kier molecular flexibility index (Phi) is 6.66. The van der Waals surface area contributed by atoms with Gasteiger partial charge in [0.1, 0.15) is 0 Å². The molecule has 3 rings (SSSR count). The fourth-order valence-electron chi connectivity index (χ4n) is 3.04. The van der Waals surface area contributed by atoms with Crippen molar-refractivity contribution in [3.05, 3.63) is 63.6 Å². The molecule has 8 heteroatoms. The SMILES string of the molecule is CC(C)CCN1C(=O)c2ccc(C(=O)NCC(=O)Nc3ccccc3Br)cc2C1=O. The summed E-state index contributed by atoms with van der Waals surface area (Å²) in [5.41, 5.74) is 1.33. The Balaban J connectivity index is 1.63. The summed E-state index contributed by atoms with van der Waals surface area (Å²) in [6.45, 7) is 4.16. The summed E-state index contributed by atoms with van der Waals surface area (Å²) in [4.78, 5) is 50.8. The highest BCUT2D eigenvalue weighted by atomic mass is 79.9. The number of fused-ring (bicyclic) bond motifs is 1. The van der Waals surface area contributed by atoms with Gasteiger partial charge in [-0.15, -0.1) is 0 Å². The van der Waals surface area contributed by atoms with Crippen LogP contribution in [0, 0.1) is 5.92 Å². The Hall–Kier alpha value is -3.00. The predicted molar refractivity (Wildman–Crippen MR) is 116 cm³/mol. The molecule has 0 saturated heterocycles. The number of hydrogen-bond donors (Lipinski definition) is 2. The first-order valence-corrected chi connectivity index (χ1v) is 10.4. The van der Waals surface area contributed by atoms with Gasteiger partial charge in [-0.05, 0) is 58.6 Å². The van der Waals surface area contributed by atoms with Crippen molar-refractivity contribution in [2.75, 3.05) is 18.4 Å². The van der Waals surface area contributed by atoms with Crippen LogP contribution in [0.25, 0.3) is 0 Å². The Morgan fingerprint density at radius 3 is 2.43 bits per heavy atom. The third-order valence-electron chi connectivity index (χ3n) is 4.72. The van der Waals surface area contributed by atoms with Gasteiger partial charge in [0, 0.05) is 16.6 Å². The molecule has 0 unspecified atom stereocenters. The molecule has 4 amide bonds. The second kappa shape index (κ2) is 9.21. The predicted octanol–water partition coefficient (Wildman–Crippen LogP) is 3.46. The van der Waals surface area contributed by atoms with Crippen molar-refractivity contribution in [3.8, 4) is 0 Å². The lowest BCUT2D eigenvalue weighted by molar-refractivity contribution is -0.115. The summed E-state index contributed by atoms with van der Waals surface area (Å²) in [5.74, 6) is -1.26. The molecule has 0 aliphatic carbocycles. The normalized spacial score (nSPS) is 12.9. The van der Waals surface area contributed by atoms with Crippen molar-refractivity contribution in [2.24, 2.45) is 5.92 Å². The summed E-state index contributed by atoms with van der Waals surface area (Å²) in [6.07, 6.45) is 0.714. The van der Waals surface area contributed by atoms with Crippen LogP contribution >= 0.6 is 15.9 Å². The molecule has 0 fully saturated rings. The molecule has 1 aliphatic rings. The van der Waals surface area contributed by atoms with Gasteiger partial charge in [0.2, 0.25) is 5.91 Å². The minimum atomic E-state index is -0.499. The first-order chi connectivity index (χ1) is 14.3. The number of halogens is 1. The van der Waals surface area contributed by atoms with Crippen LogP contribution in [0.3, 0.4) is 0 Å². The Morgan fingerprint density at radius 2 is 1.73 bits per heavy atom. The third-order valence-corrected chi connectivity index (χ3v) is 5.41. The second-order valence-electron chi connectivity index (χ2n) is 7.42. The minimum Gasteiger partial charge on any atom is -0.343 e. The van der Waals surface area contributed by atoms with E-state index < -0.39 is 11.8 Å². The van der Waals surface area contributed by atoms with E-state index >= 15 is 0 Å². The van der Waals surface area contributed by atoms with Crippen molar-refractivity contribution >= 4 is 45.2 Å². The molecule has 7 nitrogen and oxygen atoms in total. The molecule has 1 aliphatic heterocycles. The van der Waals surface area contributed by atoms with Gasteiger partial charge in [-0.1, -0.05) is 26.0 Å². The number of carbonyl (C=O) groups is 4. The summed E-state index contributed by atoms with van der Waals surface area (Å²) in [7, 11) is 0. The average Bonchev–Trinajstić information content (AvgIpc) is 2.96. The van der Waals surface area contributed by atoms with E-state index in [9.17, 15) is 19.2 Å². The first kappa shape index (κ1) is 21.7. The lowest BCUT2D eigenvalue weighted by atomic mass is 10.1. The number of carbonyl (C=O) groups excluding carboxylic acids is 4. The van der Waals surface area contributed by atoms with Gasteiger partial charge in [0.25, 0.3) is 17.7 Å². The number of nitrogens with zero attached hydrogens (tertiary/aromatic N) is 1. The topological polar surface area (TPSA) is 95.6 Å². The third kappa shape index (κ3) is 4.76. The van der Waals surface area contributed by atoms with Crippen LogP contribution in [-0.2, 0) is 4.79 Å². The monoisotopic (exact) mass is 471 g/mol. The van der Waals surface area contributed by atoms with E-state index in [1.165, 1.54) is 23.1 Å². The number of amides is 4. The quantitative estimate of drug-likeness (QED) is 0.604. The van der Waals surface area contributed by atoms with E-state index in [0.717, 1.165) is 4.47 Å². The van der Waals surface area contributed by atoms with Gasteiger partial charge in [0.15, 0.2) is 0 Å². The van der Waals surface area contributed by atoms with Crippen molar-refractivity contribution in [2.45, 2.75) is 20.3 Å². The maximum Gasteiger partial charge on any atom is 0.261 e. The molecular formula is C22H22BrN3O4. The van der Waals surface area contributed by atoms with E-state index in [4.69, 9.17) is 0 Å². The minimum absolute atomic E-state index is 0.217. The van der Waals surface area contributed by atoms with Gasteiger partial charge in [-0.3, -0.25) is 24.1 Å². The second-order valence-corrected chi connectivity index (χ2v) is 8.27. The molecule has 0 saturated carbocycles. The van der Waals surface area contributed by atoms with Gasteiger partial charge in [-0.25, -0.2) is 0 Å². The van der Waals surface area contributed by atoms with E-state index in [0.29, 0.717) is 30.1 Å². The molecular weight excluding hydrogens is 450 g/mol. The Labute approximate surface area is 183 Å². The van der Waals surface area contributed by atoms with Gasteiger partial charge < -0.3 is 10.6 Å². The number of hydrogen-bond acceptors (Lipinski definition) is 4. The maximum atomic E-state index is 12.6. The molecule has 0 aromatic heterocycles. The maximum absolute atomic E-state index is 12.6. The lowest BCUT2D eigenvalue weighted by Gasteiger charge is -2.14. The van der Waals surface area contributed by atoms with Gasteiger partial charge >= 0.3 is 0 Å². The van der Waals surface area contributed by atoms with Crippen LogP contribution in [0.1, 0.15) is 51.3 Å². The molecule has 2 aromatic carbocycles. The van der Waals surface area contributed by atoms with Crippen molar-refractivity contribution in [1.29, 1.82) is 0 Å². The van der Waals surface area contributed by atoms with Crippen LogP contribution in [-0.4, -0.2) is 41.6 Å². The number of rotatable bonds is 7. The van der Waals surface area contributed by atoms with E-state index in [1.807, 2.05) is 19.9 Å². The fraction of sp³-hybridized carbons (Fsp3) is 0.273. The molecule has 2 N–H and O–H groups in total. The van der Waals surface area contributed by atoms with Crippen LogP contribution in [0.5, 0.6) is 0 Å². The standard InChI is InChI=1S/C22H22BrN3O4/c1-13(2)9-10-26-21(29)15-8-7-14(11-16(15)22(26)30)20(28)24-12-19(27)25-18-6-4-3-5-17(18)23/h3-8,11,13H,9-10,12H2,1-2H3,(H,24,28)(H,25,27). The summed E-state index contributed by atoms with van der Waals surface area (Å²) < 4.78 is 0.730. The van der Waals surface area contributed by atoms with E-state index in [1.54, 1.807) is 18.2 Å². The highest BCUT2D eigenvalue weighted by molar-refractivity contribution is 9.10. The van der Waals surface area contributed by atoms with Gasteiger partial charge in [-0.2, -0.15) is 0 Å². The highest BCUT2D eigenvalue weighted by Crippen LogP contribution is 2.25. The zero-order valence-corrected chi connectivity index (χ0v) is 18.3. The molecule has 30 heavy (non-hydrogen) atoms. The smallest absolute Gasteiger partial charge is 0.261 e. The zero-order chi connectivity index (χ0) is 21.8. The summed E-state index contributed by atoms with van der Waals surface area (Å²) in [6, 6.07) is 11.5. The molecule has 0 radical (unpaired) electrons. The van der Waals surface area contributed by atoms with Crippen molar-refractivity contribution in [1.82, 2.24) is 10.2 Å². The largest absolute Gasteiger partial charge is 0.343 e. The highest BCUT2D eigenvalue weighted by Gasteiger charge is 2.35. The van der Waals surface area contributed by atoms with Crippen LogP contribution < -0.4 is 10.6 Å². The van der Waals surface area contributed by atoms with Gasteiger partial charge in [0.05, 0.1) is 23.4 Å². The van der Waals surface area contributed by atoms with Crippen LogP contribution in [0.4, 0.5) is 5.69 Å². The molecule has 1 heterocycles. The number of nitrogens with one attached hydrogen (secondary N) is 2. The number of benzene rings is 2. The Morgan fingerprint density at radius 1 is 1.03 bits per heavy atom. The molecule has 156 valence electrons. The first-order valence-electron chi connectivity index (χ1n) is 9.60. The zero-order valence-electron chi connectivity index (χ0n) is 16.7. The number of imide groups is 1.